The molecule has 23 heavy (non-hydrogen) atoms. The molecule has 2 nitrogen and oxygen atoms in total. The van der Waals surface area contributed by atoms with E-state index < -0.39 is 0 Å². The van der Waals surface area contributed by atoms with E-state index in [1.807, 2.05) is 12.5 Å². The summed E-state index contributed by atoms with van der Waals surface area (Å²) in [5.41, 5.74) is 2.82. The van der Waals surface area contributed by atoms with Crippen molar-refractivity contribution in [3.63, 3.8) is 0 Å². The minimum atomic E-state index is 0.470. The van der Waals surface area contributed by atoms with Crippen LogP contribution in [0.1, 0.15) is 30.5 Å². The first-order valence-corrected chi connectivity index (χ1v) is 8.42. The summed E-state index contributed by atoms with van der Waals surface area (Å²) in [5, 5.41) is 0. The molecule has 1 aromatic heterocycles. The van der Waals surface area contributed by atoms with Crippen LogP contribution < -0.4 is 0 Å². The highest BCUT2D eigenvalue weighted by molar-refractivity contribution is 5.19. The van der Waals surface area contributed by atoms with E-state index in [9.17, 15) is 0 Å². The molecule has 0 radical (unpaired) electrons. The molecule has 0 aliphatic carbocycles. The first-order valence-electron chi connectivity index (χ1n) is 8.42. The molecule has 0 saturated carbocycles. The van der Waals surface area contributed by atoms with Crippen LogP contribution in [0.3, 0.4) is 0 Å². The van der Waals surface area contributed by atoms with Crippen LogP contribution >= 0.6 is 0 Å². The number of nitrogens with zero attached hydrogens (tertiary/aromatic N) is 2. The number of benzene rings is 2. The standard InChI is InChI=1S/C21H24N2/c1-2-21(23-14-13-22-17-23)20(15-18-9-5-3-6-10-18)16-19-11-7-4-8-12-19/h3-14,17,20-21H,2,15-16H2,1H3. The zero-order chi connectivity index (χ0) is 15.9. The Kier molecular flexibility index (Phi) is 5.25. The summed E-state index contributed by atoms with van der Waals surface area (Å²) >= 11 is 0. The fraction of sp³-hybridized carbons (Fsp3) is 0.286. The molecule has 3 rings (SSSR count). The van der Waals surface area contributed by atoms with Gasteiger partial charge in [0.1, 0.15) is 0 Å². The van der Waals surface area contributed by atoms with Crippen LogP contribution in [0, 0.1) is 5.92 Å². The van der Waals surface area contributed by atoms with Crippen molar-refractivity contribution in [2.24, 2.45) is 5.92 Å². The van der Waals surface area contributed by atoms with E-state index in [1.165, 1.54) is 11.1 Å². The Morgan fingerprint density at radius 3 is 1.87 bits per heavy atom. The van der Waals surface area contributed by atoms with Gasteiger partial charge in [-0.25, -0.2) is 4.98 Å². The average molecular weight is 304 g/mol. The van der Waals surface area contributed by atoms with Crippen LogP contribution in [0.4, 0.5) is 0 Å². The Bertz CT molecular complexity index is 633. The maximum atomic E-state index is 4.25. The van der Waals surface area contributed by atoms with Crippen LogP contribution in [-0.2, 0) is 12.8 Å². The normalized spacial score (nSPS) is 12.4. The van der Waals surface area contributed by atoms with Gasteiger partial charge in [0.15, 0.2) is 0 Å². The lowest BCUT2D eigenvalue weighted by molar-refractivity contribution is 0.314. The molecule has 2 aromatic carbocycles. The van der Waals surface area contributed by atoms with Gasteiger partial charge < -0.3 is 4.57 Å². The van der Waals surface area contributed by atoms with Crippen molar-refractivity contribution in [2.45, 2.75) is 32.2 Å². The lowest BCUT2D eigenvalue weighted by atomic mass is 9.85. The second-order valence-corrected chi connectivity index (χ2v) is 6.13. The Labute approximate surface area is 138 Å². The molecule has 2 heteroatoms. The monoisotopic (exact) mass is 304 g/mol. The second-order valence-electron chi connectivity index (χ2n) is 6.13. The van der Waals surface area contributed by atoms with Crippen molar-refractivity contribution in [3.8, 4) is 0 Å². The number of hydrogen-bond acceptors (Lipinski definition) is 1. The van der Waals surface area contributed by atoms with Gasteiger partial charge in [-0.15, -0.1) is 0 Å². The van der Waals surface area contributed by atoms with E-state index in [2.05, 4.69) is 83.3 Å². The van der Waals surface area contributed by atoms with Crippen LogP contribution in [0.15, 0.2) is 79.4 Å². The zero-order valence-corrected chi connectivity index (χ0v) is 13.7. The van der Waals surface area contributed by atoms with Crippen molar-refractivity contribution < 1.29 is 0 Å². The fourth-order valence-electron chi connectivity index (χ4n) is 3.43. The van der Waals surface area contributed by atoms with Gasteiger partial charge in [-0.1, -0.05) is 67.6 Å². The lowest BCUT2D eigenvalue weighted by Crippen LogP contribution is -2.22. The van der Waals surface area contributed by atoms with Crippen molar-refractivity contribution in [3.05, 3.63) is 90.5 Å². The van der Waals surface area contributed by atoms with Gasteiger partial charge in [0.25, 0.3) is 0 Å². The third kappa shape index (κ3) is 4.10. The smallest absolute Gasteiger partial charge is 0.0948 e. The molecule has 3 aromatic rings. The molecular weight excluding hydrogens is 280 g/mol. The van der Waals surface area contributed by atoms with Crippen LogP contribution in [0.25, 0.3) is 0 Å². The highest BCUT2D eigenvalue weighted by Crippen LogP contribution is 2.28. The highest BCUT2D eigenvalue weighted by atomic mass is 15.1. The SMILES string of the molecule is CCC(C(Cc1ccccc1)Cc1ccccc1)n1ccnc1. The fourth-order valence-corrected chi connectivity index (χ4v) is 3.43. The van der Waals surface area contributed by atoms with Gasteiger partial charge in [0.05, 0.1) is 6.33 Å². The number of hydrogen-bond donors (Lipinski definition) is 0. The molecule has 0 aliphatic rings. The number of aromatic nitrogens is 2. The van der Waals surface area contributed by atoms with Crippen molar-refractivity contribution in [1.29, 1.82) is 0 Å². The summed E-state index contributed by atoms with van der Waals surface area (Å²) in [4.78, 5) is 4.25. The average Bonchev–Trinajstić information content (AvgIpc) is 3.12. The predicted molar refractivity (Wildman–Crippen MR) is 95.3 cm³/mol. The summed E-state index contributed by atoms with van der Waals surface area (Å²) in [7, 11) is 0. The van der Waals surface area contributed by atoms with E-state index in [0.29, 0.717) is 12.0 Å². The zero-order valence-electron chi connectivity index (χ0n) is 13.7. The first-order chi connectivity index (χ1) is 11.4. The Hall–Kier alpha value is -2.35. The summed E-state index contributed by atoms with van der Waals surface area (Å²) < 4.78 is 2.27. The summed E-state index contributed by atoms with van der Waals surface area (Å²) in [6, 6.07) is 22.1. The third-order valence-electron chi connectivity index (χ3n) is 4.55. The number of imidazole rings is 1. The summed E-state index contributed by atoms with van der Waals surface area (Å²) in [6.07, 6.45) is 9.22. The quantitative estimate of drug-likeness (QED) is 0.605. The van der Waals surface area contributed by atoms with Gasteiger partial charge in [-0.05, 0) is 36.3 Å². The largest absolute Gasteiger partial charge is 0.334 e. The number of rotatable bonds is 7. The molecule has 0 bridgehead atoms. The van der Waals surface area contributed by atoms with E-state index in [0.717, 1.165) is 19.3 Å². The Balaban J connectivity index is 1.85. The van der Waals surface area contributed by atoms with Crippen LogP contribution in [0.5, 0.6) is 0 Å². The molecule has 1 unspecified atom stereocenters. The Morgan fingerprint density at radius 2 is 1.43 bits per heavy atom. The van der Waals surface area contributed by atoms with E-state index in [-0.39, 0.29) is 0 Å². The van der Waals surface area contributed by atoms with Gasteiger partial charge in [0, 0.05) is 18.4 Å². The maximum Gasteiger partial charge on any atom is 0.0948 e. The first kappa shape index (κ1) is 15.5. The molecule has 118 valence electrons. The predicted octanol–water partition coefficient (Wildman–Crippen LogP) is 4.94. The van der Waals surface area contributed by atoms with Crippen molar-refractivity contribution in [1.82, 2.24) is 9.55 Å². The summed E-state index contributed by atoms with van der Waals surface area (Å²) in [5.74, 6) is 0.555. The van der Waals surface area contributed by atoms with E-state index in [4.69, 9.17) is 0 Å². The lowest BCUT2D eigenvalue weighted by Gasteiger charge is -2.28. The van der Waals surface area contributed by atoms with E-state index in [1.54, 1.807) is 0 Å². The third-order valence-corrected chi connectivity index (χ3v) is 4.55. The molecule has 0 spiro atoms. The van der Waals surface area contributed by atoms with Gasteiger partial charge in [-0.2, -0.15) is 0 Å². The topological polar surface area (TPSA) is 17.8 Å². The van der Waals surface area contributed by atoms with Crippen molar-refractivity contribution in [2.75, 3.05) is 0 Å². The molecule has 0 N–H and O–H groups in total. The molecule has 1 heterocycles. The van der Waals surface area contributed by atoms with E-state index >= 15 is 0 Å². The molecule has 0 aliphatic heterocycles. The molecule has 0 amide bonds. The maximum absolute atomic E-state index is 4.25. The molecular formula is C21H24N2. The summed E-state index contributed by atoms with van der Waals surface area (Å²) in [6.45, 7) is 2.27. The Morgan fingerprint density at radius 1 is 0.870 bits per heavy atom. The van der Waals surface area contributed by atoms with Crippen molar-refractivity contribution >= 4 is 0 Å². The van der Waals surface area contributed by atoms with Crippen LogP contribution in [-0.4, -0.2) is 9.55 Å². The van der Waals surface area contributed by atoms with Gasteiger partial charge in [0.2, 0.25) is 0 Å². The molecule has 1 atom stereocenters. The second kappa shape index (κ2) is 7.77. The highest BCUT2D eigenvalue weighted by Gasteiger charge is 2.22. The van der Waals surface area contributed by atoms with Gasteiger partial charge >= 0.3 is 0 Å². The minimum Gasteiger partial charge on any atom is -0.334 e. The van der Waals surface area contributed by atoms with Gasteiger partial charge in [-0.3, -0.25) is 0 Å². The minimum absolute atomic E-state index is 0.470. The van der Waals surface area contributed by atoms with Crippen LogP contribution in [0.2, 0.25) is 0 Å². The molecule has 0 saturated heterocycles. The molecule has 0 fully saturated rings.